The van der Waals surface area contributed by atoms with Crippen molar-refractivity contribution in [1.29, 1.82) is 0 Å². The van der Waals surface area contributed by atoms with Crippen molar-refractivity contribution < 1.29 is 0 Å². The van der Waals surface area contributed by atoms with Gasteiger partial charge in [-0.3, -0.25) is 4.40 Å². The summed E-state index contributed by atoms with van der Waals surface area (Å²) in [5, 5.41) is 2.13. The zero-order valence-corrected chi connectivity index (χ0v) is 10.2. The maximum absolute atomic E-state index is 5.60. The van der Waals surface area contributed by atoms with Crippen molar-refractivity contribution in [3.05, 3.63) is 47.6 Å². The van der Waals surface area contributed by atoms with E-state index in [1.54, 1.807) is 11.3 Å². The Balaban J connectivity index is 2.08. The molecule has 2 aromatic heterocycles. The zero-order chi connectivity index (χ0) is 11.7. The average molecular weight is 243 g/mol. The molecule has 0 aliphatic heterocycles. The lowest BCUT2D eigenvalue weighted by Gasteiger charge is -1.95. The molecule has 0 spiro atoms. The minimum absolute atomic E-state index is 0.671. The van der Waals surface area contributed by atoms with Gasteiger partial charge in [-0.15, -0.1) is 11.3 Å². The Bertz CT molecular complexity index is 624. The molecule has 86 valence electrons. The summed E-state index contributed by atoms with van der Waals surface area (Å²) in [5.41, 5.74) is 9.02. The number of benzene rings is 1. The molecular weight excluding hydrogens is 230 g/mol. The highest BCUT2D eigenvalue weighted by Gasteiger charge is 2.08. The van der Waals surface area contributed by atoms with Crippen LogP contribution in [0.5, 0.6) is 0 Å². The van der Waals surface area contributed by atoms with Gasteiger partial charge in [0.25, 0.3) is 0 Å². The molecule has 0 fully saturated rings. The van der Waals surface area contributed by atoms with Gasteiger partial charge in [0.1, 0.15) is 0 Å². The van der Waals surface area contributed by atoms with Gasteiger partial charge in [-0.05, 0) is 6.54 Å². The molecule has 0 aliphatic carbocycles. The molecule has 3 nitrogen and oxygen atoms in total. The zero-order valence-electron chi connectivity index (χ0n) is 9.34. The van der Waals surface area contributed by atoms with Gasteiger partial charge in [-0.2, -0.15) is 0 Å². The fourth-order valence-corrected chi connectivity index (χ4v) is 2.81. The van der Waals surface area contributed by atoms with Crippen LogP contribution >= 0.6 is 11.3 Å². The summed E-state index contributed by atoms with van der Waals surface area (Å²) in [6.45, 7) is 0.671. The molecule has 0 aliphatic rings. The number of aromatic nitrogens is 2. The van der Waals surface area contributed by atoms with Crippen LogP contribution in [0.4, 0.5) is 0 Å². The monoisotopic (exact) mass is 243 g/mol. The van der Waals surface area contributed by atoms with Crippen molar-refractivity contribution in [3.63, 3.8) is 0 Å². The van der Waals surface area contributed by atoms with Crippen molar-refractivity contribution in [1.82, 2.24) is 9.38 Å². The number of hydrogen-bond donors (Lipinski definition) is 1. The summed E-state index contributed by atoms with van der Waals surface area (Å²) in [5.74, 6) is 0. The molecule has 1 aromatic carbocycles. The Labute approximate surface area is 104 Å². The maximum Gasteiger partial charge on any atom is 0.194 e. The van der Waals surface area contributed by atoms with Crippen LogP contribution in [-0.4, -0.2) is 15.9 Å². The summed E-state index contributed by atoms with van der Waals surface area (Å²) in [6.07, 6.45) is 2.98. The molecule has 2 heterocycles. The Morgan fingerprint density at radius 1 is 1.24 bits per heavy atom. The topological polar surface area (TPSA) is 43.3 Å². The van der Waals surface area contributed by atoms with E-state index in [0.29, 0.717) is 6.54 Å². The smallest absolute Gasteiger partial charge is 0.194 e. The molecule has 17 heavy (non-hydrogen) atoms. The molecule has 0 bridgehead atoms. The highest BCUT2D eigenvalue weighted by molar-refractivity contribution is 7.15. The number of hydrogen-bond acceptors (Lipinski definition) is 3. The third-order valence-electron chi connectivity index (χ3n) is 2.75. The van der Waals surface area contributed by atoms with Gasteiger partial charge in [-0.1, -0.05) is 30.3 Å². The first-order valence-corrected chi connectivity index (χ1v) is 6.47. The molecule has 2 N–H and O–H groups in total. The molecule has 4 heteroatoms. The van der Waals surface area contributed by atoms with Crippen LogP contribution in [0, 0.1) is 0 Å². The molecule has 0 saturated heterocycles. The van der Waals surface area contributed by atoms with Crippen LogP contribution in [0.25, 0.3) is 16.2 Å². The van der Waals surface area contributed by atoms with E-state index in [-0.39, 0.29) is 0 Å². The Hall–Kier alpha value is -1.65. The van der Waals surface area contributed by atoms with E-state index in [1.165, 1.54) is 5.69 Å². The van der Waals surface area contributed by atoms with E-state index in [1.807, 2.05) is 18.2 Å². The third kappa shape index (κ3) is 1.85. The molecule has 0 radical (unpaired) electrons. The van der Waals surface area contributed by atoms with Crippen LogP contribution in [0.3, 0.4) is 0 Å². The molecule has 0 saturated carbocycles. The fraction of sp³-hybridized carbons (Fsp3) is 0.154. The first-order valence-electron chi connectivity index (χ1n) is 5.59. The molecule has 3 aromatic rings. The fourth-order valence-electron chi connectivity index (χ4n) is 1.90. The Morgan fingerprint density at radius 2 is 2.06 bits per heavy atom. The second-order valence-corrected chi connectivity index (χ2v) is 4.75. The molecule has 3 rings (SSSR count). The van der Waals surface area contributed by atoms with Crippen LogP contribution in [-0.2, 0) is 6.42 Å². The number of nitrogens with two attached hydrogens (primary N) is 1. The number of thiazole rings is 1. The van der Waals surface area contributed by atoms with E-state index < -0.39 is 0 Å². The van der Waals surface area contributed by atoms with Gasteiger partial charge in [0.2, 0.25) is 0 Å². The lowest BCUT2D eigenvalue weighted by molar-refractivity contribution is 0.909. The van der Waals surface area contributed by atoms with Gasteiger partial charge >= 0.3 is 0 Å². The first kappa shape index (κ1) is 10.5. The van der Waals surface area contributed by atoms with Crippen molar-refractivity contribution in [2.24, 2.45) is 5.73 Å². The van der Waals surface area contributed by atoms with Crippen molar-refractivity contribution in [2.75, 3.05) is 6.54 Å². The van der Waals surface area contributed by atoms with E-state index >= 15 is 0 Å². The lowest BCUT2D eigenvalue weighted by Crippen LogP contribution is -2.04. The normalized spacial score (nSPS) is 11.1. The average Bonchev–Trinajstić information content (AvgIpc) is 2.93. The van der Waals surface area contributed by atoms with Gasteiger partial charge in [0.15, 0.2) is 4.96 Å². The van der Waals surface area contributed by atoms with Crippen molar-refractivity contribution in [3.8, 4) is 11.3 Å². The van der Waals surface area contributed by atoms with Gasteiger partial charge in [0, 0.05) is 29.3 Å². The van der Waals surface area contributed by atoms with Crippen molar-refractivity contribution in [2.45, 2.75) is 6.42 Å². The highest BCUT2D eigenvalue weighted by atomic mass is 32.1. The van der Waals surface area contributed by atoms with E-state index in [9.17, 15) is 0 Å². The van der Waals surface area contributed by atoms with Crippen LogP contribution in [0.2, 0.25) is 0 Å². The summed E-state index contributed by atoms with van der Waals surface area (Å²) >= 11 is 1.67. The molecule has 0 atom stereocenters. The van der Waals surface area contributed by atoms with E-state index in [0.717, 1.165) is 22.6 Å². The predicted octanol–water partition coefficient (Wildman–Crippen LogP) is 2.56. The minimum Gasteiger partial charge on any atom is -0.330 e. The standard InChI is InChI=1S/C13H13N3S/c14-7-6-11-9-17-13-15-12(8-16(11)13)10-4-2-1-3-5-10/h1-5,8-9H,6-7,14H2. The van der Waals surface area contributed by atoms with Gasteiger partial charge < -0.3 is 5.73 Å². The Kier molecular flexibility index (Phi) is 2.66. The largest absolute Gasteiger partial charge is 0.330 e. The number of fused-ring (bicyclic) bond motifs is 1. The van der Waals surface area contributed by atoms with Crippen LogP contribution < -0.4 is 5.73 Å². The van der Waals surface area contributed by atoms with Crippen LogP contribution in [0.1, 0.15) is 5.69 Å². The SMILES string of the molecule is NCCc1csc2nc(-c3ccccc3)cn12. The quantitative estimate of drug-likeness (QED) is 0.768. The minimum atomic E-state index is 0.671. The second-order valence-electron chi connectivity index (χ2n) is 3.91. The highest BCUT2D eigenvalue weighted by Crippen LogP contribution is 2.23. The number of nitrogens with zero attached hydrogens (tertiary/aromatic N) is 2. The molecule has 0 unspecified atom stereocenters. The second kappa shape index (κ2) is 4.31. The summed E-state index contributed by atoms with van der Waals surface area (Å²) in [6, 6.07) is 10.2. The maximum atomic E-state index is 5.60. The van der Waals surface area contributed by atoms with E-state index in [4.69, 9.17) is 5.73 Å². The summed E-state index contributed by atoms with van der Waals surface area (Å²) in [4.78, 5) is 5.66. The summed E-state index contributed by atoms with van der Waals surface area (Å²) < 4.78 is 2.14. The number of rotatable bonds is 3. The molecular formula is C13H13N3S. The summed E-state index contributed by atoms with van der Waals surface area (Å²) in [7, 11) is 0. The molecule has 0 amide bonds. The van der Waals surface area contributed by atoms with Crippen LogP contribution in [0.15, 0.2) is 41.9 Å². The number of imidazole rings is 1. The predicted molar refractivity (Wildman–Crippen MR) is 71.3 cm³/mol. The lowest BCUT2D eigenvalue weighted by atomic mass is 10.2. The Morgan fingerprint density at radius 3 is 2.82 bits per heavy atom. The van der Waals surface area contributed by atoms with Crippen molar-refractivity contribution >= 4 is 16.3 Å². The van der Waals surface area contributed by atoms with Gasteiger partial charge in [-0.25, -0.2) is 4.98 Å². The van der Waals surface area contributed by atoms with E-state index in [2.05, 4.69) is 33.1 Å². The van der Waals surface area contributed by atoms with Gasteiger partial charge in [0.05, 0.1) is 5.69 Å². The third-order valence-corrected chi connectivity index (χ3v) is 3.64. The first-order chi connectivity index (χ1) is 8.38.